The third-order valence-corrected chi connectivity index (χ3v) is 4.80. The normalized spacial score (nSPS) is 26.7. The summed E-state index contributed by atoms with van der Waals surface area (Å²) in [5, 5.41) is 13.7. The first-order valence-electron chi connectivity index (χ1n) is 8.15. The summed E-state index contributed by atoms with van der Waals surface area (Å²) in [5.41, 5.74) is 2.09. The van der Waals surface area contributed by atoms with Crippen molar-refractivity contribution in [2.75, 3.05) is 24.6 Å². The minimum atomic E-state index is 0.174. The highest BCUT2D eigenvalue weighted by Crippen LogP contribution is 2.36. The van der Waals surface area contributed by atoms with Crippen LogP contribution in [0.25, 0.3) is 0 Å². The van der Waals surface area contributed by atoms with Crippen LogP contribution in [-0.4, -0.2) is 36.9 Å². The minimum Gasteiger partial charge on any atom is -0.508 e. The Bertz CT molecular complexity index is 492. The average molecular weight is 290 g/mol. The Morgan fingerprint density at radius 3 is 3.05 bits per heavy atom. The molecule has 0 radical (unpaired) electrons. The van der Waals surface area contributed by atoms with E-state index in [1.807, 2.05) is 6.07 Å². The highest BCUT2D eigenvalue weighted by atomic mass is 16.5. The van der Waals surface area contributed by atoms with Crippen LogP contribution in [0.1, 0.15) is 44.7 Å². The molecule has 21 heavy (non-hydrogen) atoms. The van der Waals surface area contributed by atoms with Gasteiger partial charge >= 0.3 is 0 Å². The molecule has 4 heteroatoms. The van der Waals surface area contributed by atoms with E-state index in [1.54, 1.807) is 0 Å². The lowest BCUT2D eigenvalue weighted by molar-refractivity contribution is 0.0256. The van der Waals surface area contributed by atoms with Gasteiger partial charge in [0.1, 0.15) is 5.75 Å². The molecule has 4 nitrogen and oxygen atoms in total. The van der Waals surface area contributed by atoms with Gasteiger partial charge in [-0.05, 0) is 38.8 Å². The summed E-state index contributed by atoms with van der Waals surface area (Å²) in [6.07, 6.45) is 3.98. The number of aromatic hydroxyl groups is 1. The summed E-state index contributed by atoms with van der Waals surface area (Å²) in [4.78, 5) is 2.42. The SMILES string of the molecule is CCNC(C)c1ccc(N2CCOC3CCCC32)cc1O. The summed E-state index contributed by atoms with van der Waals surface area (Å²) in [6.45, 7) is 6.77. The van der Waals surface area contributed by atoms with E-state index >= 15 is 0 Å². The maximum Gasteiger partial charge on any atom is 0.122 e. The first-order valence-corrected chi connectivity index (χ1v) is 8.15. The van der Waals surface area contributed by atoms with Crippen molar-refractivity contribution in [3.8, 4) is 5.75 Å². The molecule has 0 spiro atoms. The first kappa shape index (κ1) is 14.7. The van der Waals surface area contributed by atoms with Gasteiger partial charge in [0.15, 0.2) is 0 Å². The number of hydrogen-bond donors (Lipinski definition) is 2. The molecule has 1 saturated heterocycles. The predicted octanol–water partition coefficient (Wildman–Crippen LogP) is 2.82. The molecule has 3 atom stereocenters. The van der Waals surface area contributed by atoms with Gasteiger partial charge in [0.05, 0.1) is 18.8 Å². The van der Waals surface area contributed by atoms with Crippen LogP contribution in [0, 0.1) is 0 Å². The van der Waals surface area contributed by atoms with Crippen molar-refractivity contribution in [3.63, 3.8) is 0 Å². The van der Waals surface area contributed by atoms with Gasteiger partial charge in [0.25, 0.3) is 0 Å². The molecule has 3 rings (SSSR count). The maximum absolute atomic E-state index is 10.4. The van der Waals surface area contributed by atoms with Crippen LogP contribution in [0.3, 0.4) is 0 Å². The van der Waals surface area contributed by atoms with Crippen LogP contribution in [0.4, 0.5) is 5.69 Å². The molecule has 2 fully saturated rings. The van der Waals surface area contributed by atoms with Crippen LogP contribution in [0.15, 0.2) is 18.2 Å². The fourth-order valence-electron chi connectivity index (χ4n) is 3.74. The molecular weight excluding hydrogens is 264 g/mol. The van der Waals surface area contributed by atoms with Crippen LogP contribution >= 0.6 is 0 Å². The lowest BCUT2D eigenvalue weighted by Gasteiger charge is -2.39. The molecule has 1 aliphatic heterocycles. The number of phenolic OH excluding ortho intramolecular Hbond substituents is 1. The van der Waals surface area contributed by atoms with Crippen molar-refractivity contribution in [1.82, 2.24) is 5.32 Å². The molecule has 1 saturated carbocycles. The smallest absolute Gasteiger partial charge is 0.122 e. The molecule has 1 aliphatic carbocycles. The topological polar surface area (TPSA) is 44.7 Å². The Morgan fingerprint density at radius 1 is 1.43 bits per heavy atom. The zero-order valence-corrected chi connectivity index (χ0v) is 13.0. The maximum atomic E-state index is 10.4. The third kappa shape index (κ3) is 2.87. The van der Waals surface area contributed by atoms with E-state index in [-0.39, 0.29) is 6.04 Å². The second-order valence-electron chi connectivity index (χ2n) is 6.12. The quantitative estimate of drug-likeness (QED) is 0.895. The highest BCUT2D eigenvalue weighted by molar-refractivity contribution is 5.55. The van der Waals surface area contributed by atoms with Gasteiger partial charge in [0, 0.05) is 29.9 Å². The van der Waals surface area contributed by atoms with Crippen LogP contribution < -0.4 is 10.2 Å². The molecule has 0 aromatic heterocycles. The molecule has 2 aliphatic rings. The van der Waals surface area contributed by atoms with E-state index in [0.29, 0.717) is 17.9 Å². The molecule has 0 bridgehead atoms. The highest BCUT2D eigenvalue weighted by Gasteiger charge is 2.36. The Morgan fingerprint density at radius 2 is 2.29 bits per heavy atom. The van der Waals surface area contributed by atoms with Gasteiger partial charge in [-0.2, -0.15) is 0 Å². The fraction of sp³-hybridized carbons (Fsp3) is 0.647. The van der Waals surface area contributed by atoms with Crippen molar-refractivity contribution in [1.29, 1.82) is 0 Å². The van der Waals surface area contributed by atoms with Crippen LogP contribution in [0.2, 0.25) is 0 Å². The van der Waals surface area contributed by atoms with Gasteiger partial charge in [-0.15, -0.1) is 0 Å². The summed E-state index contributed by atoms with van der Waals surface area (Å²) in [7, 11) is 0. The molecule has 116 valence electrons. The minimum absolute atomic E-state index is 0.174. The van der Waals surface area contributed by atoms with Gasteiger partial charge in [-0.1, -0.05) is 13.0 Å². The number of phenols is 1. The number of fused-ring (bicyclic) bond motifs is 1. The molecule has 3 unspecified atom stereocenters. The first-order chi connectivity index (χ1) is 10.2. The molecular formula is C17H26N2O2. The van der Waals surface area contributed by atoms with Crippen LogP contribution in [0.5, 0.6) is 5.75 Å². The summed E-state index contributed by atoms with van der Waals surface area (Å²) in [5.74, 6) is 0.391. The number of hydrogen-bond acceptors (Lipinski definition) is 4. The van der Waals surface area contributed by atoms with Gasteiger partial charge < -0.3 is 20.1 Å². The molecule has 1 aromatic rings. The molecule has 1 aromatic carbocycles. The van der Waals surface area contributed by atoms with Crippen molar-refractivity contribution < 1.29 is 9.84 Å². The number of morpholine rings is 1. The second-order valence-corrected chi connectivity index (χ2v) is 6.12. The Balaban J connectivity index is 1.81. The Kier molecular flexibility index (Phi) is 4.36. The number of ether oxygens (including phenoxy) is 1. The molecule has 2 N–H and O–H groups in total. The van der Waals surface area contributed by atoms with E-state index in [2.05, 4.69) is 36.2 Å². The largest absolute Gasteiger partial charge is 0.508 e. The zero-order valence-electron chi connectivity index (χ0n) is 13.0. The lowest BCUT2D eigenvalue weighted by atomic mass is 10.0. The van der Waals surface area contributed by atoms with Crippen molar-refractivity contribution in [3.05, 3.63) is 23.8 Å². The number of anilines is 1. The number of nitrogens with one attached hydrogen (secondary N) is 1. The van der Waals surface area contributed by atoms with E-state index in [1.165, 1.54) is 19.3 Å². The number of nitrogens with zero attached hydrogens (tertiary/aromatic N) is 1. The molecule has 1 heterocycles. The van der Waals surface area contributed by atoms with E-state index in [4.69, 9.17) is 4.74 Å². The van der Waals surface area contributed by atoms with E-state index < -0.39 is 0 Å². The Hall–Kier alpha value is -1.26. The van der Waals surface area contributed by atoms with E-state index in [9.17, 15) is 5.11 Å². The predicted molar refractivity (Wildman–Crippen MR) is 84.9 cm³/mol. The van der Waals surface area contributed by atoms with Crippen molar-refractivity contribution in [2.24, 2.45) is 0 Å². The monoisotopic (exact) mass is 290 g/mol. The zero-order chi connectivity index (χ0) is 14.8. The summed E-state index contributed by atoms with van der Waals surface area (Å²) >= 11 is 0. The number of rotatable bonds is 4. The Labute approximate surface area is 127 Å². The number of benzene rings is 1. The van der Waals surface area contributed by atoms with E-state index in [0.717, 1.165) is 30.9 Å². The van der Waals surface area contributed by atoms with Gasteiger partial charge in [0.2, 0.25) is 0 Å². The van der Waals surface area contributed by atoms with Crippen molar-refractivity contribution in [2.45, 2.75) is 51.3 Å². The standard InChI is InChI=1S/C17H26N2O2/c1-3-18-12(2)14-8-7-13(11-16(14)20)19-9-10-21-17-6-4-5-15(17)19/h7-8,11-12,15,17-18,20H,3-6,9-10H2,1-2H3. The van der Waals surface area contributed by atoms with Crippen LogP contribution in [-0.2, 0) is 4.74 Å². The lowest BCUT2D eigenvalue weighted by Crippen LogP contribution is -2.48. The van der Waals surface area contributed by atoms with Crippen molar-refractivity contribution >= 4 is 5.69 Å². The summed E-state index contributed by atoms with van der Waals surface area (Å²) < 4.78 is 5.86. The fourth-order valence-corrected chi connectivity index (χ4v) is 3.74. The van der Waals surface area contributed by atoms with Gasteiger partial charge in [-0.3, -0.25) is 0 Å². The molecule has 0 amide bonds. The average Bonchev–Trinajstić information content (AvgIpc) is 2.95. The third-order valence-electron chi connectivity index (χ3n) is 4.80. The summed E-state index contributed by atoms with van der Waals surface area (Å²) in [6, 6.07) is 6.77. The second kappa shape index (κ2) is 6.24. The van der Waals surface area contributed by atoms with Gasteiger partial charge in [-0.25, -0.2) is 0 Å².